The summed E-state index contributed by atoms with van der Waals surface area (Å²) < 4.78 is 27.8. The van der Waals surface area contributed by atoms with Crippen molar-refractivity contribution in [2.24, 2.45) is 11.7 Å². The molecule has 1 amide bonds. The highest BCUT2D eigenvalue weighted by Gasteiger charge is 2.24. The van der Waals surface area contributed by atoms with Gasteiger partial charge in [0.1, 0.15) is 0 Å². The first-order valence-electron chi connectivity index (χ1n) is 9.75. The van der Waals surface area contributed by atoms with Crippen molar-refractivity contribution in [2.75, 3.05) is 6.54 Å². The van der Waals surface area contributed by atoms with Crippen LogP contribution in [0.15, 0.2) is 66.7 Å². The fraction of sp³-hybridized carbons (Fsp3) is 0.261. The predicted octanol–water partition coefficient (Wildman–Crippen LogP) is 4.50. The van der Waals surface area contributed by atoms with Crippen LogP contribution in [0.1, 0.15) is 34.6 Å². The number of primary amides is 1. The van der Waals surface area contributed by atoms with Gasteiger partial charge in [-0.1, -0.05) is 56.3 Å². The van der Waals surface area contributed by atoms with Crippen molar-refractivity contribution in [3.05, 3.63) is 82.7 Å². The molecule has 0 aliphatic rings. The van der Waals surface area contributed by atoms with Gasteiger partial charge in [-0.15, -0.1) is 11.3 Å². The van der Waals surface area contributed by atoms with Crippen LogP contribution >= 0.6 is 11.3 Å². The van der Waals surface area contributed by atoms with Gasteiger partial charge in [0, 0.05) is 28.4 Å². The highest BCUT2D eigenvalue weighted by atomic mass is 32.2. The number of thiophene rings is 1. The first-order chi connectivity index (χ1) is 14.2. The molecular formula is C23H26N2O3S2. The molecule has 2 N–H and O–H groups in total. The summed E-state index contributed by atoms with van der Waals surface area (Å²) in [6, 6.07) is 20.3. The third kappa shape index (κ3) is 5.78. The fourth-order valence-electron chi connectivity index (χ4n) is 3.18. The summed E-state index contributed by atoms with van der Waals surface area (Å²) in [5, 5.41) is 0. The quantitative estimate of drug-likeness (QED) is 0.530. The lowest BCUT2D eigenvalue weighted by molar-refractivity contribution is 0.100. The molecule has 0 spiro atoms. The van der Waals surface area contributed by atoms with Crippen molar-refractivity contribution >= 4 is 27.3 Å². The van der Waals surface area contributed by atoms with Gasteiger partial charge in [-0.05, 0) is 41.3 Å². The SMILES string of the molecule is CC(C)CN(Cc1ccc(-c2cccc(C(N)=O)c2)s1)S(=O)(=O)Cc1ccccc1. The number of carbonyl (C=O) groups is 1. The van der Waals surface area contributed by atoms with Crippen LogP contribution in [0.5, 0.6) is 0 Å². The average Bonchev–Trinajstić information content (AvgIpc) is 3.16. The van der Waals surface area contributed by atoms with Crippen molar-refractivity contribution in [3.8, 4) is 10.4 Å². The Morgan fingerprint density at radius 1 is 1.03 bits per heavy atom. The maximum Gasteiger partial charge on any atom is 0.248 e. The Morgan fingerprint density at radius 2 is 1.77 bits per heavy atom. The van der Waals surface area contributed by atoms with E-state index in [1.807, 2.05) is 62.4 Å². The van der Waals surface area contributed by atoms with Gasteiger partial charge >= 0.3 is 0 Å². The second-order valence-electron chi connectivity index (χ2n) is 7.64. The molecule has 7 heteroatoms. The van der Waals surface area contributed by atoms with E-state index in [9.17, 15) is 13.2 Å². The molecule has 1 heterocycles. The van der Waals surface area contributed by atoms with Crippen LogP contribution < -0.4 is 5.73 Å². The number of benzene rings is 2. The van der Waals surface area contributed by atoms with E-state index in [2.05, 4.69) is 0 Å². The molecule has 30 heavy (non-hydrogen) atoms. The number of sulfonamides is 1. The number of amides is 1. The monoisotopic (exact) mass is 442 g/mol. The highest BCUT2D eigenvalue weighted by Crippen LogP contribution is 2.30. The topological polar surface area (TPSA) is 80.5 Å². The molecule has 158 valence electrons. The molecule has 0 fully saturated rings. The molecule has 0 saturated heterocycles. The minimum Gasteiger partial charge on any atom is -0.366 e. The third-order valence-corrected chi connectivity index (χ3v) is 7.46. The summed E-state index contributed by atoms with van der Waals surface area (Å²) in [5.41, 5.74) is 7.51. The molecule has 5 nitrogen and oxygen atoms in total. The van der Waals surface area contributed by atoms with E-state index >= 15 is 0 Å². The van der Waals surface area contributed by atoms with E-state index in [0.717, 1.165) is 20.9 Å². The maximum absolute atomic E-state index is 13.1. The summed E-state index contributed by atoms with van der Waals surface area (Å²) in [6.07, 6.45) is 0. The van der Waals surface area contributed by atoms with Gasteiger partial charge in [-0.3, -0.25) is 4.79 Å². The second-order valence-corrected chi connectivity index (χ2v) is 10.8. The lowest BCUT2D eigenvalue weighted by Gasteiger charge is -2.23. The smallest absolute Gasteiger partial charge is 0.248 e. The van der Waals surface area contributed by atoms with Gasteiger partial charge in [0.2, 0.25) is 15.9 Å². The summed E-state index contributed by atoms with van der Waals surface area (Å²) in [4.78, 5) is 13.4. The molecule has 0 aliphatic heterocycles. The largest absolute Gasteiger partial charge is 0.366 e. The van der Waals surface area contributed by atoms with E-state index in [1.165, 1.54) is 11.3 Å². The van der Waals surface area contributed by atoms with Gasteiger partial charge < -0.3 is 5.73 Å². The van der Waals surface area contributed by atoms with Gasteiger partial charge in [0.05, 0.1) is 5.75 Å². The first kappa shape index (κ1) is 22.2. The highest BCUT2D eigenvalue weighted by molar-refractivity contribution is 7.88. The zero-order valence-electron chi connectivity index (χ0n) is 17.1. The summed E-state index contributed by atoms with van der Waals surface area (Å²) in [5.74, 6) is -0.273. The molecule has 0 unspecified atom stereocenters. The van der Waals surface area contributed by atoms with E-state index in [0.29, 0.717) is 18.7 Å². The molecule has 0 saturated carbocycles. The van der Waals surface area contributed by atoms with Gasteiger partial charge in [-0.25, -0.2) is 8.42 Å². The standard InChI is InChI=1S/C23H26N2O3S2/c1-17(2)14-25(30(27,28)16-18-7-4-3-5-8-18)15-21-11-12-22(29-21)19-9-6-10-20(13-19)23(24)26/h3-13,17H,14-16H2,1-2H3,(H2,24,26). The second kappa shape index (κ2) is 9.55. The summed E-state index contributed by atoms with van der Waals surface area (Å²) in [6.45, 7) is 4.81. The minimum atomic E-state index is -3.46. The summed E-state index contributed by atoms with van der Waals surface area (Å²) in [7, 11) is -3.46. The number of nitrogens with two attached hydrogens (primary N) is 1. The van der Waals surface area contributed by atoms with Crippen LogP contribution in [0.4, 0.5) is 0 Å². The summed E-state index contributed by atoms with van der Waals surface area (Å²) >= 11 is 1.53. The zero-order valence-corrected chi connectivity index (χ0v) is 18.7. The molecule has 3 aromatic rings. The Morgan fingerprint density at radius 3 is 2.43 bits per heavy atom. The minimum absolute atomic E-state index is 0.0144. The number of hydrogen-bond acceptors (Lipinski definition) is 4. The average molecular weight is 443 g/mol. The third-order valence-electron chi connectivity index (χ3n) is 4.58. The number of nitrogens with zero attached hydrogens (tertiary/aromatic N) is 1. The molecule has 2 aromatic carbocycles. The molecule has 0 radical (unpaired) electrons. The van der Waals surface area contributed by atoms with Crippen LogP contribution in [0, 0.1) is 5.92 Å². The van der Waals surface area contributed by atoms with Crippen molar-refractivity contribution in [1.29, 1.82) is 0 Å². The molecule has 0 aliphatic carbocycles. The Balaban J connectivity index is 1.82. The Labute approximate surface area is 182 Å². The van der Waals surface area contributed by atoms with Crippen molar-refractivity contribution in [2.45, 2.75) is 26.1 Å². The van der Waals surface area contributed by atoms with Gasteiger partial charge in [0.25, 0.3) is 0 Å². The molecule has 0 bridgehead atoms. The zero-order chi connectivity index (χ0) is 21.7. The van der Waals surface area contributed by atoms with Gasteiger partial charge in [-0.2, -0.15) is 4.31 Å². The van der Waals surface area contributed by atoms with E-state index in [4.69, 9.17) is 5.73 Å². The van der Waals surface area contributed by atoms with Crippen LogP contribution in [-0.4, -0.2) is 25.2 Å². The Bertz CT molecular complexity index is 1110. The normalized spacial score (nSPS) is 11.9. The molecule has 0 atom stereocenters. The number of rotatable bonds is 9. The molecule has 3 rings (SSSR count). The van der Waals surface area contributed by atoms with Crippen LogP contribution in [0.25, 0.3) is 10.4 Å². The lowest BCUT2D eigenvalue weighted by atomic mass is 10.1. The molecular weight excluding hydrogens is 416 g/mol. The predicted molar refractivity (Wildman–Crippen MR) is 123 cm³/mol. The molecule has 1 aromatic heterocycles. The number of hydrogen-bond donors (Lipinski definition) is 1. The van der Waals surface area contributed by atoms with E-state index < -0.39 is 15.9 Å². The van der Waals surface area contributed by atoms with E-state index in [1.54, 1.807) is 22.5 Å². The Kier molecular flexibility index (Phi) is 7.07. The Hall–Kier alpha value is -2.48. The number of carbonyl (C=O) groups excluding carboxylic acids is 1. The lowest BCUT2D eigenvalue weighted by Crippen LogP contribution is -2.34. The first-order valence-corrected chi connectivity index (χ1v) is 12.2. The maximum atomic E-state index is 13.1. The van der Waals surface area contributed by atoms with E-state index in [-0.39, 0.29) is 11.7 Å². The van der Waals surface area contributed by atoms with Crippen molar-refractivity contribution < 1.29 is 13.2 Å². The van der Waals surface area contributed by atoms with Crippen molar-refractivity contribution in [3.63, 3.8) is 0 Å². The van der Waals surface area contributed by atoms with Crippen LogP contribution in [-0.2, 0) is 22.3 Å². The van der Waals surface area contributed by atoms with Crippen molar-refractivity contribution in [1.82, 2.24) is 4.31 Å². The van der Waals surface area contributed by atoms with Crippen LogP contribution in [0.3, 0.4) is 0 Å². The van der Waals surface area contributed by atoms with Gasteiger partial charge in [0.15, 0.2) is 0 Å². The van der Waals surface area contributed by atoms with Crippen LogP contribution in [0.2, 0.25) is 0 Å². The fourth-order valence-corrected chi connectivity index (χ4v) is 5.94.